The lowest BCUT2D eigenvalue weighted by atomic mass is 9.79. The number of pyridine rings is 2. The zero-order chi connectivity index (χ0) is 36.7. The Morgan fingerprint density at radius 1 is 1.19 bits per heavy atom. The summed E-state index contributed by atoms with van der Waals surface area (Å²) < 4.78 is 26.1. The van der Waals surface area contributed by atoms with Gasteiger partial charge in [-0.15, -0.1) is 0 Å². The second kappa shape index (κ2) is 13.2. The number of aromatic nitrogens is 3. The maximum atomic E-state index is 17.4. The first kappa shape index (κ1) is 34.5. The molecule has 9 nitrogen and oxygen atoms in total. The molecule has 12 heteroatoms. The van der Waals surface area contributed by atoms with Gasteiger partial charge in [0.15, 0.2) is 5.82 Å². The highest BCUT2D eigenvalue weighted by atomic mass is 35.5. The number of hydrogen-bond acceptors (Lipinski definition) is 7. The SMILES string of the molecule is Cc1ccnc(OC2CC(c3cc4c(C(C)O)nc5c(F)c(-c6cccc(Cl)c6Cl)c(CCC#N)cc5c4n3C3C4CNC3C4)N(C(=O)C3CC3)C2)c1. The van der Waals surface area contributed by atoms with Gasteiger partial charge >= 0.3 is 0 Å². The fraction of sp³-hybridized carbons (Fsp3) is 0.415. The van der Waals surface area contributed by atoms with Crippen molar-refractivity contribution < 1.29 is 19.0 Å². The molecule has 2 aromatic carbocycles. The van der Waals surface area contributed by atoms with E-state index in [2.05, 4.69) is 27.0 Å². The molecule has 2 saturated carbocycles. The second-order valence-corrected chi connectivity index (χ2v) is 16.0. The molecule has 1 amide bonds. The van der Waals surface area contributed by atoms with E-state index in [-0.39, 0.29) is 70.0 Å². The van der Waals surface area contributed by atoms with Crippen LogP contribution in [-0.4, -0.2) is 55.7 Å². The lowest BCUT2D eigenvalue weighted by Gasteiger charge is -2.39. The van der Waals surface area contributed by atoms with E-state index in [9.17, 15) is 15.2 Å². The van der Waals surface area contributed by atoms with Crippen molar-refractivity contribution in [3.8, 4) is 23.1 Å². The molecular weight excluding hydrogens is 714 g/mol. The third-order valence-corrected chi connectivity index (χ3v) is 12.5. The predicted octanol–water partition coefficient (Wildman–Crippen LogP) is 8.18. The molecule has 6 heterocycles. The average Bonchev–Trinajstić information content (AvgIpc) is 3.42. The van der Waals surface area contributed by atoms with Crippen LogP contribution in [0.3, 0.4) is 0 Å². The Morgan fingerprint density at radius 3 is 2.72 bits per heavy atom. The van der Waals surface area contributed by atoms with Crippen LogP contribution in [0, 0.1) is 35.9 Å². The van der Waals surface area contributed by atoms with Crippen molar-refractivity contribution in [1.29, 1.82) is 5.26 Å². The minimum Gasteiger partial charge on any atom is -0.472 e. The van der Waals surface area contributed by atoms with Gasteiger partial charge in [0.2, 0.25) is 11.8 Å². The number of likely N-dealkylation sites (tertiary alicyclic amines) is 1. The summed E-state index contributed by atoms with van der Waals surface area (Å²) in [5.74, 6) is 0.405. The summed E-state index contributed by atoms with van der Waals surface area (Å²) >= 11 is 13.1. The van der Waals surface area contributed by atoms with E-state index < -0.39 is 11.9 Å². The van der Waals surface area contributed by atoms with Crippen LogP contribution in [0.5, 0.6) is 5.88 Å². The zero-order valence-electron chi connectivity index (χ0n) is 29.5. The number of amides is 1. The van der Waals surface area contributed by atoms with E-state index in [1.54, 1.807) is 31.3 Å². The lowest BCUT2D eigenvalue weighted by molar-refractivity contribution is -0.133. The zero-order valence-corrected chi connectivity index (χ0v) is 31.0. The van der Waals surface area contributed by atoms with E-state index in [0.717, 1.165) is 48.0 Å². The summed E-state index contributed by atoms with van der Waals surface area (Å²) in [6, 6.07) is 15.1. The molecule has 272 valence electrons. The molecule has 2 bridgehead atoms. The first-order valence-electron chi connectivity index (χ1n) is 18.4. The average molecular weight is 754 g/mol. The van der Waals surface area contributed by atoms with Crippen LogP contribution >= 0.6 is 23.2 Å². The number of halogens is 3. The summed E-state index contributed by atoms with van der Waals surface area (Å²) in [5, 5.41) is 26.4. The summed E-state index contributed by atoms with van der Waals surface area (Å²) in [5.41, 5.74) is 4.47. The molecule has 3 saturated heterocycles. The standard InChI is InChI=1S/C41H39Cl2FN6O3/c1-20-10-12-46-33(13-20)53-25-16-31(49(19-25)41(52)22-8-9-22)32-17-28-37(21(2)51)48-38-27(40(28)50(32)39-24-15-30(39)47-18-24)14-23(5-4-11-45)34(36(38)44)26-6-3-7-29(42)35(26)43/h3,6-7,10,12-14,17,21-22,24-25,30-31,39,47,51H,4-5,8-9,15-16,18-19H2,1-2H3. The number of aliphatic hydroxyl groups excluding tert-OH is 1. The number of aryl methyl sites for hydroxylation is 2. The Balaban J connectivity index is 1.29. The molecular formula is C41H39Cl2FN6O3. The largest absolute Gasteiger partial charge is 0.472 e. The first-order chi connectivity index (χ1) is 25.6. The molecule has 6 unspecified atom stereocenters. The Hall–Kier alpha value is -4.27. The molecule has 5 aromatic rings. The maximum absolute atomic E-state index is 17.4. The van der Waals surface area contributed by atoms with E-state index in [4.69, 9.17) is 32.9 Å². The van der Waals surface area contributed by atoms with Gasteiger partial charge in [0.05, 0.1) is 52.1 Å². The van der Waals surface area contributed by atoms with Gasteiger partial charge in [-0.05, 0) is 80.8 Å². The molecule has 6 atom stereocenters. The van der Waals surface area contributed by atoms with Crippen LogP contribution in [0.4, 0.5) is 4.39 Å². The normalized spacial score (nSPS) is 24.1. The Bertz CT molecular complexity index is 2340. The first-order valence-corrected chi connectivity index (χ1v) is 19.2. The van der Waals surface area contributed by atoms with Gasteiger partial charge in [-0.25, -0.2) is 14.4 Å². The van der Waals surface area contributed by atoms with Gasteiger partial charge in [-0.2, -0.15) is 5.26 Å². The van der Waals surface area contributed by atoms with Crippen LogP contribution in [0.25, 0.3) is 32.9 Å². The van der Waals surface area contributed by atoms with Crippen molar-refractivity contribution in [2.45, 2.75) is 82.7 Å². The highest BCUT2D eigenvalue weighted by Gasteiger charge is 2.51. The number of rotatable bonds is 9. The third-order valence-electron chi connectivity index (χ3n) is 11.7. The number of nitrogens with one attached hydrogen (secondary N) is 1. The van der Waals surface area contributed by atoms with Crippen LogP contribution < -0.4 is 10.1 Å². The molecule has 3 aliphatic heterocycles. The minimum atomic E-state index is -1.02. The number of benzene rings is 2. The quantitative estimate of drug-likeness (QED) is 0.156. The number of nitrogens with zero attached hydrogens (tertiary/aromatic N) is 5. The maximum Gasteiger partial charge on any atom is 0.226 e. The Labute approximate surface area is 316 Å². The highest BCUT2D eigenvalue weighted by Crippen LogP contribution is 2.51. The summed E-state index contributed by atoms with van der Waals surface area (Å²) in [6.45, 7) is 4.92. The molecule has 0 spiro atoms. The topological polar surface area (TPSA) is 116 Å². The summed E-state index contributed by atoms with van der Waals surface area (Å²) in [4.78, 5) is 25.3. The molecule has 0 radical (unpaired) electrons. The van der Waals surface area contributed by atoms with Crippen molar-refractivity contribution in [1.82, 2.24) is 24.8 Å². The van der Waals surface area contributed by atoms with Crippen LogP contribution in [0.2, 0.25) is 10.0 Å². The fourth-order valence-corrected chi connectivity index (χ4v) is 9.40. The van der Waals surface area contributed by atoms with Gasteiger partial charge in [-0.3, -0.25) is 4.79 Å². The molecule has 3 aromatic heterocycles. The number of nitriles is 1. The van der Waals surface area contributed by atoms with E-state index in [0.29, 0.717) is 47.0 Å². The molecule has 53 heavy (non-hydrogen) atoms. The minimum absolute atomic E-state index is 0.00299. The van der Waals surface area contributed by atoms with Crippen molar-refractivity contribution >= 4 is 50.9 Å². The number of ether oxygens (including phenoxy) is 1. The molecule has 5 fully saturated rings. The number of fused-ring (bicyclic) bond motifs is 4. The van der Waals surface area contributed by atoms with E-state index >= 15 is 4.39 Å². The van der Waals surface area contributed by atoms with Gasteiger partial charge in [0.1, 0.15) is 11.6 Å². The van der Waals surface area contributed by atoms with Crippen molar-refractivity contribution in [3.05, 3.63) is 87.0 Å². The van der Waals surface area contributed by atoms with Gasteiger partial charge in [0.25, 0.3) is 0 Å². The lowest BCUT2D eigenvalue weighted by Crippen LogP contribution is -2.41. The summed E-state index contributed by atoms with van der Waals surface area (Å²) in [7, 11) is 0. The van der Waals surface area contributed by atoms with Crippen molar-refractivity contribution in [2.75, 3.05) is 13.1 Å². The predicted molar refractivity (Wildman–Crippen MR) is 201 cm³/mol. The number of carbonyl (C=O) groups excluding carboxylic acids is 1. The third kappa shape index (κ3) is 5.75. The number of carbonyl (C=O) groups is 1. The molecule has 10 rings (SSSR count). The smallest absolute Gasteiger partial charge is 0.226 e. The number of aliphatic hydroxyl groups is 1. The van der Waals surface area contributed by atoms with Gasteiger partial charge < -0.3 is 24.6 Å². The monoisotopic (exact) mass is 752 g/mol. The van der Waals surface area contributed by atoms with Gasteiger partial charge in [0, 0.05) is 71.2 Å². The Kier molecular flexibility index (Phi) is 8.62. The fourth-order valence-electron chi connectivity index (χ4n) is 9.00. The molecule has 2 N–H and O–H groups in total. The summed E-state index contributed by atoms with van der Waals surface area (Å²) in [6.07, 6.45) is 4.19. The highest BCUT2D eigenvalue weighted by molar-refractivity contribution is 6.43. The molecule has 5 aliphatic rings. The Morgan fingerprint density at radius 2 is 2.02 bits per heavy atom. The van der Waals surface area contributed by atoms with Crippen molar-refractivity contribution in [2.24, 2.45) is 11.8 Å². The van der Waals surface area contributed by atoms with Gasteiger partial charge in [-0.1, -0.05) is 35.3 Å². The molecule has 2 aliphatic carbocycles. The van der Waals surface area contributed by atoms with Crippen molar-refractivity contribution in [3.63, 3.8) is 0 Å². The van der Waals surface area contributed by atoms with E-state index in [1.165, 1.54) is 0 Å². The van der Waals surface area contributed by atoms with Crippen LogP contribution in [-0.2, 0) is 11.2 Å². The van der Waals surface area contributed by atoms with E-state index in [1.807, 2.05) is 30.0 Å². The number of hydrogen-bond donors (Lipinski definition) is 2. The van der Waals surface area contributed by atoms with Crippen LogP contribution in [0.15, 0.2) is 48.7 Å². The second-order valence-electron chi connectivity index (χ2n) is 15.2. The van der Waals surface area contributed by atoms with Crippen LogP contribution in [0.1, 0.15) is 79.7 Å².